The molecular weight excluding hydrogens is 254 g/mol. The van der Waals surface area contributed by atoms with Crippen molar-refractivity contribution in [2.75, 3.05) is 6.54 Å². The number of tetrazole rings is 1. The Balaban J connectivity index is 1.68. The Hall–Kier alpha value is -2.24. The monoisotopic (exact) mass is 271 g/mol. The molecule has 1 saturated carbocycles. The first kappa shape index (κ1) is 12.8. The predicted molar refractivity (Wildman–Crippen MR) is 73.3 cm³/mol. The van der Waals surface area contributed by atoms with Crippen molar-refractivity contribution < 1.29 is 4.79 Å². The number of carbonyl (C=O) groups excluding carboxylic acids is 1. The van der Waals surface area contributed by atoms with Gasteiger partial charge in [0.25, 0.3) is 5.91 Å². The minimum Gasteiger partial charge on any atom is -0.351 e. The largest absolute Gasteiger partial charge is 0.351 e. The van der Waals surface area contributed by atoms with Crippen LogP contribution in [0.5, 0.6) is 0 Å². The van der Waals surface area contributed by atoms with Gasteiger partial charge in [-0.3, -0.25) is 4.79 Å². The fourth-order valence-electron chi connectivity index (χ4n) is 2.47. The first-order valence-corrected chi connectivity index (χ1v) is 6.69. The van der Waals surface area contributed by atoms with Crippen LogP contribution in [0.1, 0.15) is 40.2 Å². The first-order chi connectivity index (χ1) is 9.59. The molecular formula is C14H17N5O. The third-order valence-electron chi connectivity index (χ3n) is 3.74. The molecule has 2 N–H and O–H groups in total. The number of hydrogen-bond acceptors (Lipinski definition) is 4. The number of aromatic nitrogens is 4. The zero-order valence-corrected chi connectivity index (χ0v) is 11.6. The number of benzene rings is 1. The van der Waals surface area contributed by atoms with Gasteiger partial charge in [0.05, 0.1) is 5.41 Å². The van der Waals surface area contributed by atoms with E-state index in [0.29, 0.717) is 17.9 Å². The van der Waals surface area contributed by atoms with Crippen molar-refractivity contribution in [1.29, 1.82) is 0 Å². The van der Waals surface area contributed by atoms with Crippen LogP contribution < -0.4 is 5.32 Å². The summed E-state index contributed by atoms with van der Waals surface area (Å²) in [5, 5.41) is 17.1. The maximum atomic E-state index is 12.2. The first-order valence-electron chi connectivity index (χ1n) is 6.69. The molecule has 104 valence electrons. The van der Waals surface area contributed by atoms with Crippen LogP contribution in [0.15, 0.2) is 18.2 Å². The molecule has 0 spiro atoms. The molecule has 0 radical (unpaired) electrons. The van der Waals surface area contributed by atoms with Gasteiger partial charge in [-0.25, -0.2) is 0 Å². The van der Waals surface area contributed by atoms with Crippen molar-refractivity contribution in [1.82, 2.24) is 25.9 Å². The third-order valence-corrected chi connectivity index (χ3v) is 3.74. The molecule has 0 aliphatic heterocycles. The summed E-state index contributed by atoms with van der Waals surface area (Å²) in [4.78, 5) is 12.2. The molecule has 2 aromatic rings. The molecule has 1 aliphatic carbocycles. The molecule has 1 fully saturated rings. The van der Waals surface area contributed by atoms with E-state index in [1.165, 1.54) is 0 Å². The van der Waals surface area contributed by atoms with Crippen molar-refractivity contribution >= 4 is 5.91 Å². The molecule has 20 heavy (non-hydrogen) atoms. The lowest BCUT2D eigenvalue weighted by Gasteiger charge is -2.12. The molecule has 0 atom stereocenters. The molecule has 1 aromatic carbocycles. The zero-order chi connectivity index (χ0) is 14.2. The van der Waals surface area contributed by atoms with Crippen LogP contribution >= 0.6 is 0 Å². The molecule has 0 saturated heterocycles. The number of rotatable bonds is 4. The number of aryl methyl sites for hydroxylation is 2. The van der Waals surface area contributed by atoms with E-state index >= 15 is 0 Å². The summed E-state index contributed by atoms with van der Waals surface area (Å²) in [6.45, 7) is 4.54. The highest BCUT2D eigenvalue weighted by Crippen LogP contribution is 2.45. The molecule has 0 bridgehead atoms. The van der Waals surface area contributed by atoms with Gasteiger partial charge in [-0.05, 0) is 38.8 Å². The van der Waals surface area contributed by atoms with Crippen LogP contribution in [0, 0.1) is 13.8 Å². The Kier molecular flexibility index (Phi) is 3.00. The lowest BCUT2D eigenvalue weighted by Crippen LogP contribution is -2.33. The molecule has 1 aliphatic rings. The normalized spacial score (nSPS) is 15.9. The van der Waals surface area contributed by atoms with Gasteiger partial charge < -0.3 is 5.32 Å². The topological polar surface area (TPSA) is 83.6 Å². The van der Waals surface area contributed by atoms with Gasteiger partial charge in [0.2, 0.25) is 0 Å². The smallest absolute Gasteiger partial charge is 0.251 e. The average Bonchev–Trinajstić information content (AvgIpc) is 2.98. The van der Waals surface area contributed by atoms with Gasteiger partial charge in [-0.1, -0.05) is 22.4 Å². The molecule has 3 rings (SSSR count). The Morgan fingerprint density at radius 2 is 2.00 bits per heavy atom. The van der Waals surface area contributed by atoms with Gasteiger partial charge in [-0.2, -0.15) is 5.21 Å². The average molecular weight is 271 g/mol. The van der Waals surface area contributed by atoms with Gasteiger partial charge >= 0.3 is 0 Å². The molecule has 0 unspecified atom stereocenters. The number of H-pyrrole nitrogens is 1. The van der Waals surface area contributed by atoms with E-state index in [-0.39, 0.29) is 11.3 Å². The van der Waals surface area contributed by atoms with Crippen LogP contribution in [-0.4, -0.2) is 33.1 Å². The summed E-state index contributed by atoms with van der Waals surface area (Å²) < 4.78 is 0. The highest BCUT2D eigenvalue weighted by molar-refractivity contribution is 5.94. The Morgan fingerprint density at radius 1 is 1.30 bits per heavy atom. The summed E-state index contributed by atoms with van der Waals surface area (Å²) in [7, 11) is 0. The van der Waals surface area contributed by atoms with Gasteiger partial charge in [0.15, 0.2) is 5.82 Å². The number of carbonyl (C=O) groups is 1. The van der Waals surface area contributed by atoms with Crippen LogP contribution in [-0.2, 0) is 5.41 Å². The second-order valence-corrected chi connectivity index (χ2v) is 5.57. The highest BCUT2D eigenvalue weighted by Gasteiger charge is 2.48. The number of aromatic amines is 1. The Labute approximate surface area is 117 Å². The SMILES string of the molecule is Cc1cc(C)cc(C(=O)NCC2(c3nn[nH]n3)CC2)c1. The zero-order valence-electron chi connectivity index (χ0n) is 11.6. The van der Waals surface area contributed by atoms with Crippen LogP contribution in [0.25, 0.3) is 0 Å². The van der Waals surface area contributed by atoms with Crippen molar-refractivity contribution in [2.24, 2.45) is 0 Å². The van der Waals surface area contributed by atoms with E-state index in [9.17, 15) is 4.79 Å². The summed E-state index contributed by atoms with van der Waals surface area (Å²) >= 11 is 0. The van der Waals surface area contributed by atoms with Crippen molar-refractivity contribution in [3.05, 3.63) is 40.7 Å². The second kappa shape index (κ2) is 4.70. The molecule has 1 aromatic heterocycles. The van der Waals surface area contributed by atoms with Gasteiger partial charge in [-0.15, -0.1) is 10.2 Å². The molecule has 6 heteroatoms. The number of hydrogen-bond donors (Lipinski definition) is 2. The Morgan fingerprint density at radius 3 is 2.55 bits per heavy atom. The number of amides is 1. The molecule has 1 amide bonds. The number of nitrogens with zero attached hydrogens (tertiary/aromatic N) is 3. The van der Waals surface area contributed by atoms with Crippen LogP contribution in [0.2, 0.25) is 0 Å². The summed E-state index contributed by atoms with van der Waals surface area (Å²) in [6, 6.07) is 5.85. The third kappa shape index (κ3) is 2.41. The summed E-state index contributed by atoms with van der Waals surface area (Å²) in [5.41, 5.74) is 2.76. The lowest BCUT2D eigenvalue weighted by molar-refractivity contribution is 0.0949. The fourth-order valence-corrected chi connectivity index (χ4v) is 2.47. The lowest BCUT2D eigenvalue weighted by atomic mass is 10.0. The standard InChI is InChI=1S/C14H17N5O/c1-9-5-10(2)7-11(6-9)12(20)15-8-14(3-4-14)13-16-18-19-17-13/h5-7H,3-4,8H2,1-2H3,(H,15,20)(H,16,17,18,19). The van der Waals surface area contributed by atoms with Crippen molar-refractivity contribution in [2.45, 2.75) is 32.1 Å². The van der Waals surface area contributed by atoms with E-state index in [1.807, 2.05) is 26.0 Å². The maximum Gasteiger partial charge on any atom is 0.251 e. The summed E-state index contributed by atoms with van der Waals surface area (Å²) in [5.74, 6) is 0.643. The van der Waals surface area contributed by atoms with E-state index < -0.39 is 0 Å². The van der Waals surface area contributed by atoms with Crippen molar-refractivity contribution in [3.8, 4) is 0 Å². The quantitative estimate of drug-likeness (QED) is 0.877. The highest BCUT2D eigenvalue weighted by atomic mass is 16.1. The summed E-state index contributed by atoms with van der Waals surface area (Å²) in [6.07, 6.45) is 1.97. The number of nitrogens with one attached hydrogen (secondary N) is 2. The van der Waals surface area contributed by atoms with Gasteiger partial charge in [0, 0.05) is 12.1 Å². The minimum absolute atomic E-state index is 0.0495. The fraction of sp³-hybridized carbons (Fsp3) is 0.429. The second-order valence-electron chi connectivity index (χ2n) is 5.57. The van der Waals surface area contributed by atoms with Crippen molar-refractivity contribution in [3.63, 3.8) is 0 Å². The predicted octanol–water partition coefficient (Wildman–Crippen LogP) is 1.28. The van der Waals surface area contributed by atoms with E-state index in [2.05, 4.69) is 32.0 Å². The molecule has 6 nitrogen and oxygen atoms in total. The molecule has 1 heterocycles. The van der Waals surface area contributed by atoms with Crippen LogP contribution in [0.4, 0.5) is 0 Å². The minimum atomic E-state index is -0.123. The maximum absolute atomic E-state index is 12.2. The van der Waals surface area contributed by atoms with E-state index in [1.54, 1.807) is 0 Å². The Bertz CT molecular complexity index is 611. The van der Waals surface area contributed by atoms with E-state index in [0.717, 1.165) is 24.0 Å². The van der Waals surface area contributed by atoms with Crippen LogP contribution in [0.3, 0.4) is 0 Å². The van der Waals surface area contributed by atoms with E-state index in [4.69, 9.17) is 0 Å². The van der Waals surface area contributed by atoms with Gasteiger partial charge in [0.1, 0.15) is 0 Å².